The third-order valence-electron chi connectivity index (χ3n) is 4.03. The number of hydrogen-bond acceptors (Lipinski definition) is 3. The molecule has 0 spiro atoms. The van der Waals surface area contributed by atoms with E-state index in [1.807, 2.05) is 6.92 Å². The number of hydrogen-bond donors (Lipinski definition) is 1. The molecule has 3 atom stereocenters. The van der Waals surface area contributed by atoms with Crippen molar-refractivity contribution in [3.63, 3.8) is 0 Å². The summed E-state index contributed by atoms with van der Waals surface area (Å²) in [4.78, 5) is 22.4. The molecule has 1 aliphatic heterocycles. The number of carboxylic acid groups (broad SMARTS) is 1. The van der Waals surface area contributed by atoms with E-state index in [1.54, 1.807) is 0 Å². The molecule has 1 aliphatic carbocycles. The van der Waals surface area contributed by atoms with E-state index in [-0.39, 0.29) is 5.92 Å². The van der Waals surface area contributed by atoms with E-state index in [4.69, 9.17) is 9.84 Å². The Hall–Kier alpha value is -1.32. The molecule has 4 heteroatoms. The van der Waals surface area contributed by atoms with Crippen LogP contribution in [-0.4, -0.2) is 22.6 Å². The highest BCUT2D eigenvalue weighted by Crippen LogP contribution is 2.42. The van der Waals surface area contributed by atoms with Crippen LogP contribution in [-0.2, 0) is 14.3 Å². The molecule has 17 heavy (non-hydrogen) atoms. The summed E-state index contributed by atoms with van der Waals surface area (Å²) in [7, 11) is 0. The first-order valence-electron chi connectivity index (χ1n) is 6.03. The molecule has 4 nitrogen and oxygen atoms in total. The largest absolute Gasteiger partial charge is 0.481 e. The van der Waals surface area contributed by atoms with Crippen molar-refractivity contribution in [1.82, 2.24) is 0 Å². The number of aliphatic carboxylic acids is 1. The standard InChI is InChI=1S/C13H18O4/c1-8-3-5-9(6-4-8)13(2)7-10(11(14)15)12(16)17-13/h3,9-10H,4-7H2,1-2H3,(H,14,15)/t9-,10?,13?/m0/s1. The molecule has 0 saturated carbocycles. The second-order valence-electron chi connectivity index (χ2n) is 5.35. The molecule has 2 unspecified atom stereocenters. The lowest BCUT2D eigenvalue weighted by molar-refractivity contribution is -0.157. The van der Waals surface area contributed by atoms with E-state index in [0.29, 0.717) is 6.42 Å². The van der Waals surface area contributed by atoms with Gasteiger partial charge >= 0.3 is 11.9 Å². The van der Waals surface area contributed by atoms with E-state index >= 15 is 0 Å². The number of allylic oxidation sites excluding steroid dienone is 2. The number of rotatable bonds is 2. The van der Waals surface area contributed by atoms with Gasteiger partial charge in [0.2, 0.25) is 0 Å². The van der Waals surface area contributed by atoms with Crippen molar-refractivity contribution in [1.29, 1.82) is 0 Å². The Morgan fingerprint density at radius 3 is 2.76 bits per heavy atom. The minimum atomic E-state index is -1.07. The summed E-state index contributed by atoms with van der Waals surface area (Å²) < 4.78 is 5.35. The van der Waals surface area contributed by atoms with Crippen LogP contribution in [0.5, 0.6) is 0 Å². The van der Waals surface area contributed by atoms with Crippen LogP contribution < -0.4 is 0 Å². The molecule has 1 N–H and O–H groups in total. The van der Waals surface area contributed by atoms with Gasteiger partial charge in [0.15, 0.2) is 5.92 Å². The fourth-order valence-corrected chi connectivity index (χ4v) is 2.79. The van der Waals surface area contributed by atoms with Gasteiger partial charge in [0.25, 0.3) is 0 Å². The number of cyclic esters (lactones) is 1. The van der Waals surface area contributed by atoms with Gasteiger partial charge in [-0.05, 0) is 33.1 Å². The lowest BCUT2D eigenvalue weighted by Crippen LogP contribution is -2.35. The Morgan fingerprint density at radius 2 is 2.29 bits per heavy atom. The molecule has 0 aromatic rings. The van der Waals surface area contributed by atoms with E-state index in [1.165, 1.54) is 5.57 Å². The third kappa shape index (κ3) is 2.21. The molecule has 0 radical (unpaired) electrons. The summed E-state index contributed by atoms with van der Waals surface area (Å²) in [5.74, 6) is -2.38. The normalized spacial score (nSPS) is 37.5. The monoisotopic (exact) mass is 238 g/mol. The topological polar surface area (TPSA) is 63.6 Å². The number of carbonyl (C=O) groups excluding carboxylic acids is 1. The minimum absolute atomic E-state index is 0.250. The molecule has 0 bridgehead atoms. The highest BCUT2D eigenvalue weighted by molar-refractivity contribution is 5.95. The van der Waals surface area contributed by atoms with E-state index in [0.717, 1.165) is 19.3 Å². The molecule has 0 amide bonds. The predicted octanol–water partition coefficient (Wildman–Crippen LogP) is 2.14. The molecule has 2 aliphatic rings. The maximum absolute atomic E-state index is 11.5. The summed E-state index contributed by atoms with van der Waals surface area (Å²) in [6.45, 7) is 3.96. The van der Waals surface area contributed by atoms with Gasteiger partial charge in [-0.25, -0.2) is 0 Å². The molecule has 1 saturated heterocycles. The highest BCUT2D eigenvalue weighted by atomic mass is 16.6. The lowest BCUT2D eigenvalue weighted by Gasteiger charge is -2.34. The Balaban J connectivity index is 2.11. The predicted molar refractivity (Wildman–Crippen MR) is 61.3 cm³/mol. The summed E-state index contributed by atoms with van der Waals surface area (Å²) in [5.41, 5.74) is 0.765. The van der Waals surface area contributed by atoms with Gasteiger partial charge in [-0.1, -0.05) is 11.6 Å². The highest BCUT2D eigenvalue weighted by Gasteiger charge is 2.50. The zero-order valence-electron chi connectivity index (χ0n) is 10.2. The Morgan fingerprint density at radius 1 is 1.59 bits per heavy atom. The van der Waals surface area contributed by atoms with Gasteiger partial charge in [-0.3, -0.25) is 9.59 Å². The smallest absolute Gasteiger partial charge is 0.321 e. The fourth-order valence-electron chi connectivity index (χ4n) is 2.79. The van der Waals surface area contributed by atoms with Crippen molar-refractivity contribution in [3.05, 3.63) is 11.6 Å². The van der Waals surface area contributed by atoms with Gasteiger partial charge in [0.05, 0.1) is 0 Å². The molecule has 94 valence electrons. The number of esters is 1. The van der Waals surface area contributed by atoms with E-state index in [2.05, 4.69) is 13.0 Å². The Bertz CT molecular complexity index is 385. The molecule has 1 fully saturated rings. The number of carbonyl (C=O) groups is 2. The maximum atomic E-state index is 11.5. The molecule has 2 rings (SSSR count). The van der Waals surface area contributed by atoms with Crippen molar-refractivity contribution in [2.75, 3.05) is 0 Å². The lowest BCUT2D eigenvalue weighted by atomic mass is 9.76. The molecule has 0 aromatic carbocycles. The van der Waals surface area contributed by atoms with Crippen LogP contribution in [0.15, 0.2) is 11.6 Å². The van der Waals surface area contributed by atoms with Crippen molar-refractivity contribution in [3.8, 4) is 0 Å². The first-order chi connectivity index (χ1) is 7.92. The van der Waals surface area contributed by atoms with Gasteiger partial charge in [-0.15, -0.1) is 0 Å². The second kappa shape index (κ2) is 4.17. The molecule has 0 aromatic heterocycles. The average molecular weight is 238 g/mol. The fraction of sp³-hybridized carbons (Fsp3) is 0.692. The first kappa shape index (κ1) is 12.1. The quantitative estimate of drug-likeness (QED) is 0.455. The number of carboxylic acids is 1. The van der Waals surface area contributed by atoms with Crippen LogP contribution in [0.4, 0.5) is 0 Å². The molecular weight excluding hydrogens is 220 g/mol. The van der Waals surface area contributed by atoms with Gasteiger partial charge < -0.3 is 9.84 Å². The van der Waals surface area contributed by atoms with Crippen molar-refractivity contribution in [2.45, 2.75) is 45.1 Å². The summed E-state index contributed by atoms with van der Waals surface area (Å²) in [5, 5.41) is 8.94. The molecular formula is C13H18O4. The van der Waals surface area contributed by atoms with Crippen LogP contribution >= 0.6 is 0 Å². The van der Waals surface area contributed by atoms with Crippen LogP contribution in [0.3, 0.4) is 0 Å². The van der Waals surface area contributed by atoms with E-state index < -0.39 is 23.5 Å². The Kier molecular flexibility index (Phi) is 2.98. The Labute approximate surface area is 101 Å². The van der Waals surface area contributed by atoms with Gasteiger partial charge in [0, 0.05) is 12.3 Å². The SMILES string of the molecule is CC1=CC[C@H](C2(C)CC(C(=O)O)C(=O)O2)CC1. The third-order valence-corrected chi connectivity index (χ3v) is 4.03. The van der Waals surface area contributed by atoms with Crippen LogP contribution in [0.2, 0.25) is 0 Å². The average Bonchev–Trinajstić information content (AvgIpc) is 2.56. The minimum Gasteiger partial charge on any atom is -0.481 e. The van der Waals surface area contributed by atoms with Crippen molar-refractivity contribution >= 4 is 11.9 Å². The van der Waals surface area contributed by atoms with Crippen molar-refractivity contribution < 1.29 is 19.4 Å². The summed E-state index contributed by atoms with van der Waals surface area (Å²) >= 11 is 0. The van der Waals surface area contributed by atoms with Crippen LogP contribution in [0, 0.1) is 11.8 Å². The summed E-state index contributed by atoms with van der Waals surface area (Å²) in [6.07, 6.45) is 5.33. The first-order valence-corrected chi connectivity index (χ1v) is 6.03. The van der Waals surface area contributed by atoms with Crippen LogP contribution in [0.1, 0.15) is 39.5 Å². The number of ether oxygens (including phenoxy) is 1. The van der Waals surface area contributed by atoms with Crippen molar-refractivity contribution in [2.24, 2.45) is 11.8 Å². The zero-order chi connectivity index (χ0) is 12.6. The molecule has 1 heterocycles. The summed E-state index contributed by atoms with van der Waals surface area (Å²) in [6, 6.07) is 0. The second-order valence-corrected chi connectivity index (χ2v) is 5.35. The van der Waals surface area contributed by atoms with Gasteiger partial charge in [0.1, 0.15) is 5.60 Å². The van der Waals surface area contributed by atoms with E-state index in [9.17, 15) is 9.59 Å². The maximum Gasteiger partial charge on any atom is 0.321 e. The zero-order valence-corrected chi connectivity index (χ0v) is 10.2. The van der Waals surface area contributed by atoms with Gasteiger partial charge in [-0.2, -0.15) is 0 Å². The van der Waals surface area contributed by atoms with Crippen LogP contribution in [0.25, 0.3) is 0 Å².